The molecule has 1 atom stereocenters. The van der Waals surface area contributed by atoms with Gasteiger partial charge >= 0.3 is 0 Å². The number of benzene rings is 1. The van der Waals surface area contributed by atoms with Crippen LogP contribution in [0, 0.1) is 19.8 Å². The molecular formula is C18H25N3O2. The monoisotopic (exact) mass is 315 g/mol. The van der Waals surface area contributed by atoms with Crippen LogP contribution in [0.2, 0.25) is 0 Å². The molecule has 1 aromatic heterocycles. The van der Waals surface area contributed by atoms with Crippen LogP contribution in [0.15, 0.2) is 12.1 Å². The second-order valence-corrected chi connectivity index (χ2v) is 6.52. The van der Waals surface area contributed by atoms with Gasteiger partial charge in [0.1, 0.15) is 5.82 Å². The Hall–Kier alpha value is -1.88. The smallest absolute Gasteiger partial charge is 0.220 e. The fraction of sp³-hybridized carbons (Fsp3) is 0.556. The van der Waals surface area contributed by atoms with Crippen molar-refractivity contribution in [3.8, 4) is 0 Å². The standard InChI is InChI=1S/C18H25N3O2/c1-12-8-15-16(9-13(12)2)21-17(20-15)5-6-18(22)19-10-14-4-3-7-23-11-14/h8-9,14H,3-7,10-11H2,1-2H3,(H,19,22)(H,20,21). The number of carbonyl (C=O) groups is 1. The normalized spacial score (nSPS) is 18.3. The van der Waals surface area contributed by atoms with Crippen LogP contribution in [-0.2, 0) is 16.0 Å². The summed E-state index contributed by atoms with van der Waals surface area (Å²) >= 11 is 0. The van der Waals surface area contributed by atoms with Crippen LogP contribution in [0.1, 0.15) is 36.2 Å². The Kier molecular flexibility index (Phi) is 4.96. The molecule has 1 unspecified atom stereocenters. The molecule has 2 N–H and O–H groups in total. The Balaban J connectivity index is 1.50. The van der Waals surface area contributed by atoms with E-state index >= 15 is 0 Å². The van der Waals surface area contributed by atoms with Crippen molar-refractivity contribution in [3.05, 3.63) is 29.1 Å². The van der Waals surface area contributed by atoms with Crippen molar-refractivity contribution < 1.29 is 9.53 Å². The van der Waals surface area contributed by atoms with Crippen LogP contribution in [0.3, 0.4) is 0 Å². The third-order valence-corrected chi connectivity index (χ3v) is 4.58. The molecule has 23 heavy (non-hydrogen) atoms. The number of nitrogens with one attached hydrogen (secondary N) is 2. The molecule has 0 spiro atoms. The summed E-state index contributed by atoms with van der Waals surface area (Å²) in [5.74, 6) is 1.43. The number of H-pyrrole nitrogens is 1. The lowest BCUT2D eigenvalue weighted by Gasteiger charge is -2.22. The Morgan fingerprint density at radius 1 is 1.39 bits per heavy atom. The number of aromatic nitrogens is 2. The maximum Gasteiger partial charge on any atom is 0.220 e. The molecule has 2 heterocycles. The lowest BCUT2D eigenvalue weighted by molar-refractivity contribution is -0.121. The van der Waals surface area contributed by atoms with Crippen molar-refractivity contribution in [1.29, 1.82) is 0 Å². The second kappa shape index (κ2) is 7.13. The van der Waals surface area contributed by atoms with Gasteiger partial charge in [-0.3, -0.25) is 4.79 Å². The van der Waals surface area contributed by atoms with E-state index in [0.717, 1.165) is 49.5 Å². The van der Waals surface area contributed by atoms with Crippen molar-refractivity contribution in [2.45, 2.75) is 39.5 Å². The summed E-state index contributed by atoms with van der Waals surface area (Å²) in [4.78, 5) is 19.9. The minimum atomic E-state index is 0.0865. The highest BCUT2D eigenvalue weighted by molar-refractivity contribution is 5.78. The van der Waals surface area contributed by atoms with Crippen LogP contribution in [0.25, 0.3) is 11.0 Å². The van der Waals surface area contributed by atoms with E-state index in [2.05, 4.69) is 41.3 Å². The Bertz CT molecular complexity index is 648. The van der Waals surface area contributed by atoms with Crippen molar-refractivity contribution in [2.75, 3.05) is 19.8 Å². The van der Waals surface area contributed by atoms with E-state index in [-0.39, 0.29) is 5.91 Å². The molecule has 0 bridgehead atoms. The molecule has 1 amide bonds. The van der Waals surface area contributed by atoms with E-state index < -0.39 is 0 Å². The van der Waals surface area contributed by atoms with E-state index in [1.54, 1.807) is 0 Å². The number of hydrogen-bond donors (Lipinski definition) is 2. The Labute approximate surface area is 136 Å². The quantitative estimate of drug-likeness (QED) is 0.891. The number of fused-ring (bicyclic) bond motifs is 1. The van der Waals surface area contributed by atoms with Gasteiger partial charge < -0.3 is 15.0 Å². The van der Waals surface area contributed by atoms with Gasteiger partial charge in [-0.15, -0.1) is 0 Å². The van der Waals surface area contributed by atoms with Gasteiger partial charge in [0.2, 0.25) is 5.91 Å². The van der Waals surface area contributed by atoms with Crippen LogP contribution in [-0.4, -0.2) is 35.6 Å². The minimum absolute atomic E-state index is 0.0865. The molecule has 0 radical (unpaired) electrons. The summed E-state index contributed by atoms with van der Waals surface area (Å²) in [6.07, 6.45) is 3.34. The average Bonchev–Trinajstić information content (AvgIpc) is 2.94. The fourth-order valence-electron chi connectivity index (χ4n) is 2.99. The lowest BCUT2D eigenvalue weighted by atomic mass is 10.0. The molecule has 1 aliphatic heterocycles. The van der Waals surface area contributed by atoms with E-state index in [1.807, 2.05) is 0 Å². The molecule has 2 aromatic rings. The molecular weight excluding hydrogens is 290 g/mol. The SMILES string of the molecule is Cc1cc2nc(CCC(=O)NCC3CCCOC3)[nH]c2cc1C. The van der Waals surface area contributed by atoms with Gasteiger partial charge in [-0.25, -0.2) is 4.98 Å². The molecule has 1 aromatic carbocycles. The van der Waals surface area contributed by atoms with Crippen molar-refractivity contribution in [3.63, 3.8) is 0 Å². The van der Waals surface area contributed by atoms with Gasteiger partial charge in [0.15, 0.2) is 0 Å². The predicted molar refractivity (Wildman–Crippen MR) is 90.4 cm³/mol. The Morgan fingerprint density at radius 3 is 3.00 bits per heavy atom. The van der Waals surface area contributed by atoms with Gasteiger partial charge in [-0.1, -0.05) is 0 Å². The molecule has 124 valence electrons. The molecule has 5 heteroatoms. The molecule has 1 fully saturated rings. The highest BCUT2D eigenvalue weighted by Crippen LogP contribution is 2.18. The number of rotatable bonds is 5. The van der Waals surface area contributed by atoms with E-state index in [9.17, 15) is 4.79 Å². The number of nitrogens with zero attached hydrogens (tertiary/aromatic N) is 1. The molecule has 0 aliphatic carbocycles. The first kappa shape index (κ1) is 16.0. The number of amides is 1. The zero-order chi connectivity index (χ0) is 16.2. The fourth-order valence-corrected chi connectivity index (χ4v) is 2.99. The van der Waals surface area contributed by atoms with Crippen molar-refractivity contribution in [2.24, 2.45) is 5.92 Å². The number of aryl methyl sites for hydroxylation is 3. The van der Waals surface area contributed by atoms with Gasteiger partial charge in [0.25, 0.3) is 0 Å². The molecule has 5 nitrogen and oxygen atoms in total. The van der Waals surface area contributed by atoms with E-state index in [0.29, 0.717) is 18.8 Å². The van der Waals surface area contributed by atoms with Crippen LogP contribution < -0.4 is 5.32 Å². The number of carbonyl (C=O) groups excluding carboxylic acids is 1. The molecule has 1 aliphatic rings. The lowest BCUT2D eigenvalue weighted by Crippen LogP contribution is -2.33. The van der Waals surface area contributed by atoms with Crippen molar-refractivity contribution in [1.82, 2.24) is 15.3 Å². The number of imidazole rings is 1. The number of hydrogen-bond acceptors (Lipinski definition) is 3. The largest absolute Gasteiger partial charge is 0.381 e. The van der Waals surface area contributed by atoms with Gasteiger partial charge in [-0.2, -0.15) is 0 Å². The van der Waals surface area contributed by atoms with E-state index in [1.165, 1.54) is 11.1 Å². The summed E-state index contributed by atoms with van der Waals surface area (Å²) in [5, 5.41) is 3.01. The first-order valence-corrected chi connectivity index (χ1v) is 8.42. The van der Waals surface area contributed by atoms with E-state index in [4.69, 9.17) is 4.74 Å². The highest BCUT2D eigenvalue weighted by atomic mass is 16.5. The van der Waals surface area contributed by atoms with Gasteiger partial charge in [0.05, 0.1) is 17.6 Å². The van der Waals surface area contributed by atoms with Crippen LogP contribution >= 0.6 is 0 Å². The Morgan fingerprint density at radius 2 is 2.22 bits per heavy atom. The summed E-state index contributed by atoms with van der Waals surface area (Å²) < 4.78 is 5.43. The molecule has 0 saturated carbocycles. The molecule has 3 rings (SSSR count). The highest BCUT2D eigenvalue weighted by Gasteiger charge is 2.15. The third kappa shape index (κ3) is 4.10. The van der Waals surface area contributed by atoms with Crippen LogP contribution in [0.4, 0.5) is 0 Å². The summed E-state index contributed by atoms with van der Waals surface area (Å²) in [6.45, 7) is 6.53. The summed E-state index contributed by atoms with van der Waals surface area (Å²) in [5.41, 5.74) is 4.51. The topological polar surface area (TPSA) is 67.0 Å². The summed E-state index contributed by atoms with van der Waals surface area (Å²) in [6, 6.07) is 4.21. The number of ether oxygens (including phenoxy) is 1. The zero-order valence-electron chi connectivity index (χ0n) is 13.9. The zero-order valence-corrected chi connectivity index (χ0v) is 13.9. The maximum atomic E-state index is 12.0. The second-order valence-electron chi connectivity index (χ2n) is 6.52. The first-order chi connectivity index (χ1) is 11.1. The predicted octanol–water partition coefficient (Wildman–Crippen LogP) is 2.66. The van der Waals surface area contributed by atoms with Crippen molar-refractivity contribution >= 4 is 16.9 Å². The van der Waals surface area contributed by atoms with Gasteiger partial charge in [0, 0.05) is 26.0 Å². The van der Waals surface area contributed by atoms with Crippen LogP contribution in [0.5, 0.6) is 0 Å². The minimum Gasteiger partial charge on any atom is -0.381 e. The first-order valence-electron chi connectivity index (χ1n) is 8.42. The third-order valence-electron chi connectivity index (χ3n) is 4.58. The maximum absolute atomic E-state index is 12.0. The molecule has 1 saturated heterocycles. The summed E-state index contributed by atoms with van der Waals surface area (Å²) in [7, 11) is 0. The van der Waals surface area contributed by atoms with Gasteiger partial charge in [-0.05, 0) is 55.9 Å². The average molecular weight is 315 g/mol. The number of aromatic amines is 1.